The van der Waals surface area contributed by atoms with Crippen molar-refractivity contribution in [2.75, 3.05) is 13.7 Å². The molecule has 0 aromatic heterocycles. The summed E-state index contributed by atoms with van der Waals surface area (Å²) in [5, 5.41) is 0. The zero-order valence-electron chi connectivity index (χ0n) is 13.8. The molecule has 0 saturated carbocycles. The average molecular weight is 304 g/mol. The van der Waals surface area contributed by atoms with Gasteiger partial charge in [0.05, 0.1) is 12.7 Å². The van der Waals surface area contributed by atoms with Crippen molar-refractivity contribution in [3.05, 3.63) is 42.0 Å². The van der Waals surface area contributed by atoms with Crippen LogP contribution in [0.1, 0.15) is 62.2 Å². The smallest absolute Gasteiger partial charge is 0.338 e. The maximum absolute atomic E-state index is 11.8. The summed E-state index contributed by atoms with van der Waals surface area (Å²) in [5.41, 5.74) is 0.517. The third-order valence-corrected chi connectivity index (χ3v) is 3.51. The van der Waals surface area contributed by atoms with Crippen molar-refractivity contribution in [3.63, 3.8) is 0 Å². The van der Waals surface area contributed by atoms with Gasteiger partial charge in [0, 0.05) is 0 Å². The molecule has 0 radical (unpaired) electrons. The third-order valence-electron chi connectivity index (χ3n) is 3.51. The van der Waals surface area contributed by atoms with Crippen LogP contribution in [0.4, 0.5) is 0 Å². The van der Waals surface area contributed by atoms with Crippen LogP contribution in [0.15, 0.2) is 36.4 Å². The Labute approximate surface area is 134 Å². The van der Waals surface area contributed by atoms with Crippen LogP contribution in [0.3, 0.4) is 0 Å². The van der Waals surface area contributed by atoms with Crippen LogP contribution in [0.25, 0.3) is 0 Å². The molecule has 0 fully saturated rings. The first kappa shape index (κ1) is 18.3. The lowest BCUT2D eigenvalue weighted by atomic mass is 10.1. The number of benzene rings is 1. The number of methoxy groups -OCH3 is 1. The minimum absolute atomic E-state index is 0.317. The van der Waals surface area contributed by atoms with Gasteiger partial charge in [0.15, 0.2) is 0 Å². The van der Waals surface area contributed by atoms with Gasteiger partial charge in [0.2, 0.25) is 0 Å². The second-order valence-corrected chi connectivity index (χ2v) is 5.36. The fourth-order valence-electron chi connectivity index (χ4n) is 2.19. The largest absolute Gasteiger partial charge is 0.497 e. The predicted octanol–water partition coefficient (Wildman–Crippen LogP) is 5.16. The van der Waals surface area contributed by atoms with Crippen LogP contribution in [0.2, 0.25) is 0 Å². The minimum atomic E-state index is -0.317. The maximum atomic E-state index is 11.8. The molecule has 0 aliphatic heterocycles. The van der Waals surface area contributed by atoms with Crippen LogP contribution in [-0.2, 0) is 4.74 Å². The number of ether oxygens (including phenoxy) is 2. The van der Waals surface area contributed by atoms with E-state index in [1.54, 1.807) is 31.4 Å². The van der Waals surface area contributed by atoms with Gasteiger partial charge < -0.3 is 9.47 Å². The highest BCUT2D eigenvalue weighted by Crippen LogP contribution is 2.13. The Morgan fingerprint density at radius 2 is 1.86 bits per heavy atom. The van der Waals surface area contributed by atoms with Gasteiger partial charge in [-0.2, -0.15) is 0 Å². The molecule has 3 nitrogen and oxygen atoms in total. The Morgan fingerprint density at radius 3 is 2.64 bits per heavy atom. The number of hydrogen-bond donors (Lipinski definition) is 0. The van der Waals surface area contributed by atoms with Gasteiger partial charge in [-0.25, -0.2) is 4.79 Å². The third kappa shape index (κ3) is 7.87. The highest BCUT2D eigenvalue weighted by molar-refractivity contribution is 5.89. The van der Waals surface area contributed by atoms with Crippen LogP contribution in [-0.4, -0.2) is 19.7 Å². The van der Waals surface area contributed by atoms with Crippen molar-refractivity contribution < 1.29 is 14.3 Å². The van der Waals surface area contributed by atoms with Crippen LogP contribution in [0, 0.1) is 0 Å². The van der Waals surface area contributed by atoms with E-state index in [2.05, 4.69) is 13.0 Å². The number of rotatable bonds is 11. The average Bonchev–Trinajstić information content (AvgIpc) is 2.56. The highest BCUT2D eigenvalue weighted by Gasteiger charge is 2.06. The van der Waals surface area contributed by atoms with Crippen molar-refractivity contribution in [2.45, 2.75) is 51.9 Å². The first-order chi connectivity index (χ1) is 10.8. The summed E-state index contributed by atoms with van der Waals surface area (Å²) in [6.45, 7) is 2.56. The second-order valence-electron chi connectivity index (χ2n) is 5.36. The molecule has 3 heteroatoms. The zero-order chi connectivity index (χ0) is 16.0. The number of carbonyl (C=O) groups is 1. The fraction of sp³-hybridized carbons (Fsp3) is 0.526. The van der Waals surface area contributed by atoms with E-state index in [1.165, 1.54) is 38.5 Å². The number of unbranched alkanes of at least 4 members (excludes halogenated alkanes) is 6. The molecule has 22 heavy (non-hydrogen) atoms. The molecule has 1 aromatic carbocycles. The molecule has 0 amide bonds. The molecule has 0 bridgehead atoms. The fourth-order valence-corrected chi connectivity index (χ4v) is 2.19. The van der Waals surface area contributed by atoms with E-state index in [-0.39, 0.29) is 5.97 Å². The van der Waals surface area contributed by atoms with E-state index in [9.17, 15) is 4.79 Å². The molecule has 0 aliphatic carbocycles. The number of esters is 1. The zero-order valence-corrected chi connectivity index (χ0v) is 13.8. The summed E-state index contributed by atoms with van der Waals surface area (Å²) in [6.07, 6.45) is 12.9. The quantitative estimate of drug-likeness (QED) is 0.322. The van der Waals surface area contributed by atoms with Gasteiger partial charge in [0.1, 0.15) is 12.4 Å². The topological polar surface area (TPSA) is 35.5 Å². The normalized spacial score (nSPS) is 10.8. The van der Waals surface area contributed by atoms with E-state index in [0.717, 1.165) is 6.42 Å². The summed E-state index contributed by atoms with van der Waals surface area (Å²) in [6, 6.07) is 6.99. The number of allylic oxidation sites excluding steroid dienone is 1. The lowest BCUT2D eigenvalue weighted by Gasteiger charge is -2.04. The molecular weight excluding hydrogens is 276 g/mol. The molecule has 1 aromatic rings. The lowest BCUT2D eigenvalue weighted by Crippen LogP contribution is -2.05. The van der Waals surface area contributed by atoms with Crippen molar-refractivity contribution in [1.29, 1.82) is 0 Å². The summed E-state index contributed by atoms with van der Waals surface area (Å²) in [7, 11) is 1.58. The lowest BCUT2D eigenvalue weighted by molar-refractivity contribution is 0.0549. The molecule has 0 saturated heterocycles. The van der Waals surface area contributed by atoms with E-state index in [0.29, 0.717) is 17.9 Å². The van der Waals surface area contributed by atoms with Gasteiger partial charge >= 0.3 is 5.97 Å². The van der Waals surface area contributed by atoms with Gasteiger partial charge in [-0.05, 0) is 31.0 Å². The molecule has 0 atom stereocenters. The molecule has 0 aliphatic rings. The van der Waals surface area contributed by atoms with E-state index >= 15 is 0 Å². The summed E-state index contributed by atoms with van der Waals surface area (Å²) >= 11 is 0. The minimum Gasteiger partial charge on any atom is -0.497 e. The molecule has 1 rings (SSSR count). The van der Waals surface area contributed by atoms with E-state index in [4.69, 9.17) is 9.47 Å². The van der Waals surface area contributed by atoms with Crippen LogP contribution < -0.4 is 4.74 Å². The Kier molecular flexibility index (Phi) is 9.84. The maximum Gasteiger partial charge on any atom is 0.338 e. The van der Waals surface area contributed by atoms with Crippen molar-refractivity contribution >= 4 is 5.97 Å². The first-order valence-corrected chi connectivity index (χ1v) is 8.24. The van der Waals surface area contributed by atoms with E-state index < -0.39 is 0 Å². The van der Waals surface area contributed by atoms with Crippen LogP contribution in [0.5, 0.6) is 5.75 Å². The molecule has 0 spiro atoms. The number of carbonyl (C=O) groups excluding carboxylic acids is 1. The molecule has 0 heterocycles. The second kappa shape index (κ2) is 11.8. The predicted molar refractivity (Wildman–Crippen MR) is 90.4 cm³/mol. The molecular formula is C19H28O3. The summed E-state index contributed by atoms with van der Waals surface area (Å²) < 4.78 is 10.3. The van der Waals surface area contributed by atoms with Gasteiger partial charge in [0.25, 0.3) is 0 Å². The molecule has 0 N–H and O–H groups in total. The first-order valence-electron chi connectivity index (χ1n) is 8.24. The van der Waals surface area contributed by atoms with Gasteiger partial charge in [-0.1, -0.05) is 57.2 Å². The van der Waals surface area contributed by atoms with Gasteiger partial charge in [-0.3, -0.25) is 0 Å². The Morgan fingerprint density at radius 1 is 1.09 bits per heavy atom. The molecule has 0 unspecified atom stereocenters. The monoisotopic (exact) mass is 304 g/mol. The Balaban J connectivity index is 2.12. The van der Waals surface area contributed by atoms with Gasteiger partial charge in [-0.15, -0.1) is 0 Å². The summed E-state index contributed by atoms with van der Waals surface area (Å²) in [5.74, 6) is 0.344. The highest BCUT2D eigenvalue weighted by atomic mass is 16.5. The van der Waals surface area contributed by atoms with Crippen molar-refractivity contribution in [1.82, 2.24) is 0 Å². The van der Waals surface area contributed by atoms with Crippen LogP contribution >= 0.6 is 0 Å². The Hall–Kier alpha value is -1.77. The SMILES string of the molecule is CCCCCCCC/C=C/COC(=O)c1cccc(OC)c1. The molecule has 122 valence electrons. The van der Waals surface area contributed by atoms with Crippen molar-refractivity contribution in [2.24, 2.45) is 0 Å². The Bertz CT molecular complexity index is 452. The van der Waals surface area contributed by atoms with Crippen molar-refractivity contribution in [3.8, 4) is 5.75 Å². The standard InChI is InChI=1S/C19H28O3/c1-3-4-5-6-7-8-9-10-11-15-22-19(20)17-13-12-14-18(16-17)21-2/h10-14,16H,3-9,15H2,1-2H3/b11-10+. The van der Waals surface area contributed by atoms with E-state index in [1.807, 2.05) is 6.08 Å². The summed E-state index contributed by atoms with van der Waals surface area (Å²) in [4.78, 5) is 11.8. The number of hydrogen-bond acceptors (Lipinski definition) is 3.